The van der Waals surface area contributed by atoms with Crippen LogP contribution in [0.4, 0.5) is 0 Å². The molecular weight excluding hydrogens is 176 g/mol. The maximum atomic E-state index is 11.8. The van der Waals surface area contributed by atoms with Gasteiger partial charge in [0.1, 0.15) is 0 Å². The van der Waals surface area contributed by atoms with Crippen molar-refractivity contribution >= 4 is 5.91 Å². The molecule has 0 radical (unpaired) electrons. The molecule has 0 aromatic rings. The molecule has 3 heteroatoms. The summed E-state index contributed by atoms with van der Waals surface area (Å²) in [6, 6.07) is 0.146. The predicted molar refractivity (Wildman–Crippen MR) is 58.1 cm³/mol. The van der Waals surface area contributed by atoms with Gasteiger partial charge in [-0.3, -0.25) is 9.69 Å². The van der Waals surface area contributed by atoms with Crippen LogP contribution >= 0.6 is 0 Å². The minimum absolute atomic E-state index is 0.146. The minimum atomic E-state index is 0.146. The van der Waals surface area contributed by atoms with Crippen molar-refractivity contribution in [1.29, 1.82) is 0 Å². The molecule has 1 amide bonds. The molecule has 1 aliphatic rings. The second-order valence-corrected chi connectivity index (χ2v) is 4.78. The molecule has 0 aromatic carbocycles. The van der Waals surface area contributed by atoms with Crippen molar-refractivity contribution < 1.29 is 4.79 Å². The zero-order valence-electron chi connectivity index (χ0n) is 9.79. The van der Waals surface area contributed by atoms with Gasteiger partial charge in [-0.15, -0.1) is 0 Å². The number of amides is 1. The maximum absolute atomic E-state index is 11.8. The van der Waals surface area contributed by atoms with Crippen LogP contribution in [0.15, 0.2) is 0 Å². The molecule has 0 aliphatic carbocycles. The molecule has 1 heterocycles. The Morgan fingerprint density at radius 3 is 2.64 bits per heavy atom. The van der Waals surface area contributed by atoms with Gasteiger partial charge in [0, 0.05) is 20.6 Å². The molecule has 14 heavy (non-hydrogen) atoms. The fourth-order valence-corrected chi connectivity index (χ4v) is 2.09. The van der Waals surface area contributed by atoms with E-state index in [0.29, 0.717) is 5.92 Å². The highest BCUT2D eigenvalue weighted by Crippen LogP contribution is 2.19. The van der Waals surface area contributed by atoms with Gasteiger partial charge in [0.2, 0.25) is 5.91 Å². The van der Waals surface area contributed by atoms with Crippen molar-refractivity contribution in [1.82, 2.24) is 9.80 Å². The van der Waals surface area contributed by atoms with Crippen molar-refractivity contribution in [2.45, 2.75) is 32.7 Å². The lowest BCUT2D eigenvalue weighted by atomic mass is 10.1. The lowest BCUT2D eigenvalue weighted by Gasteiger charge is -2.27. The molecule has 1 aliphatic heterocycles. The van der Waals surface area contributed by atoms with Gasteiger partial charge in [-0.05, 0) is 25.3 Å². The Labute approximate surface area is 87.1 Å². The zero-order valence-corrected chi connectivity index (χ0v) is 9.79. The van der Waals surface area contributed by atoms with Crippen molar-refractivity contribution in [2.75, 3.05) is 27.2 Å². The third kappa shape index (κ3) is 2.71. The number of likely N-dealkylation sites (N-methyl/N-ethyl adjacent to an activating group) is 1. The summed E-state index contributed by atoms with van der Waals surface area (Å²) in [6.45, 7) is 6.54. The van der Waals surface area contributed by atoms with Gasteiger partial charge < -0.3 is 4.90 Å². The van der Waals surface area contributed by atoms with E-state index in [1.807, 2.05) is 14.1 Å². The lowest BCUT2D eigenvalue weighted by molar-refractivity contribution is -0.133. The summed E-state index contributed by atoms with van der Waals surface area (Å²) in [5.41, 5.74) is 0. The minimum Gasteiger partial charge on any atom is -0.347 e. The van der Waals surface area contributed by atoms with Crippen LogP contribution in [0.25, 0.3) is 0 Å². The summed E-state index contributed by atoms with van der Waals surface area (Å²) in [7, 11) is 3.68. The fraction of sp³-hybridized carbons (Fsp3) is 0.909. The zero-order chi connectivity index (χ0) is 10.7. The Morgan fingerprint density at radius 1 is 1.50 bits per heavy atom. The molecule has 0 N–H and O–H groups in total. The summed E-state index contributed by atoms with van der Waals surface area (Å²) in [5, 5.41) is 0. The number of hydrogen-bond acceptors (Lipinski definition) is 2. The van der Waals surface area contributed by atoms with E-state index in [-0.39, 0.29) is 11.9 Å². The monoisotopic (exact) mass is 198 g/mol. The van der Waals surface area contributed by atoms with E-state index in [9.17, 15) is 4.79 Å². The van der Waals surface area contributed by atoms with Crippen LogP contribution in [-0.4, -0.2) is 48.9 Å². The van der Waals surface area contributed by atoms with Gasteiger partial charge in [0.25, 0.3) is 0 Å². The smallest absolute Gasteiger partial charge is 0.239 e. The maximum Gasteiger partial charge on any atom is 0.239 e. The largest absolute Gasteiger partial charge is 0.347 e. The van der Waals surface area contributed by atoms with E-state index < -0.39 is 0 Å². The average Bonchev–Trinajstić information content (AvgIpc) is 2.49. The van der Waals surface area contributed by atoms with Gasteiger partial charge >= 0.3 is 0 Å². The Balaban J connectivity index is 2.55. The third-order valence-electron chi connectivity index (χ3n) is 2.69. The van der Waals surface area contributed by atoms with Crippen LogP contribution in [0.1, 0.15) is 26.7 Å². The summed E-state index contributed by atoms with van der Waals surface area (Å²) < 4.78 is 0. The molecule has 1 rings (SSSR count). The van der Waals surface area contributed by atoms with Gasteiger partial charge in [0.05, 0.1) is 6.04 Å². The molecule has 82 valence electrons. The number of likely N-dealkylation sites (tertiary alicyclic amines) is 1. The number of hydrogen-bond donors (Lipinski definition) is 0. The molecule has 0 spiro atoms. The second-order valence-electron chi connectivity index (χ2n) is 4.78. The van der Waals surface area contributed by atoms with Gasteiger partial charge in [-0.1, -0.05) is 13.8 Å². The predicted octanol–water partition coefficient (Wildman–Crippen LogP) is 1.20. The molecule has 0 saturated carbocycles. The van der Waals surface area contributed by atoms with E-state index in [4.69, 9.17) is 0 Å². The third-order valence-corrected chi connectivity index (χ3v) is 2.69. The van der Waals surface area contributed by atoms with Crippen LogP contribution in [-0.2, 0) is 4.79 Å². The molecule has 0 bridgehead atoms. The number of nitrogens with zero attached hydrogens (tertiary/aromatic N) is 2. The van der Waals surface area contributed by atoms with E-state index >= 15 is 0 Å². The van der Waals surface area contributed by atoms with E-state index in [0.717, 1.165) is 25.9 Å². The first-order valence-corrected chi connectivity index (χ1v) is 5.47. The molecule has 0 aromatic heterocycles. The standard InChI is InChI=1S/C11H22N2O/c1-9(2)8-13-7-5-6-10(13)11(14)12(3)4/h9-10H,5-8H2,1-4H3. The first-order valence-electron chi connectivity index (χ1n) is 5.47. The molecule has 1 atom stereocenters. The molecule has 1 fully saturated rings. The topological polar surface area (TPSA) is 23.6 Å². The Kier molecular flexibility index (Phi) is 3.93. The Morgan fingerprint density at radius 2 is 2.14 bits per heavy atom. The van der Waals surface area contributed by atoms with Crippen molar-refractivity contribution in [3.63, 3.8) is 0 Å². The highest BCUT2D eigenvalue weighted by atomic mass is 16.2. The van der Waals surface area contributed by atoms with Gasteiger partial charge in [-0.25, -0.2) is 0 Å². The van der Waals surface area contributed by atoms with Gasteiger partial charge in [0.15, 0.2) is 0 Å². The average molecular weight is 198 g/mol. The lowest BCUT2D eigenvalue weighted by Crippen LogP contribution is -2.43. The Hall–Kier alpha value is -0.570. The van der Waals surface area contributed by atoms with E-state index in [1.54, 1.807) is 4.90 Å². The first-order chi connectivity index (χ1) is 6.52. The molecule has 3 nitrogen and oxygen atoms in total. The van der Waals surface area contributed by atoms with Crippen LogP contribution in [0.2, 0.25) is 0 Å². The van der Waals surface area contributed by atoms with E-state index in [1.165, 1.54) is 0 Å². The van der Waals surface area contributed by atoms with Crippen molar-refractivity contribution in [2.24, 2.45) is 5.92 Å². The summed E-state index contributed by atoms with van der Waals surface area (Å²) >= 11 is 0. The van der Waals surface area contributed by atoms with Crippen molar-refractivity contribution in [3.05, 3.63) is 0 Å². The number of carbonyl (C=O) groups is 1. The molecule has 1 saturated heterocycles. The first kappa shape index (κ1) is 11.5. The highest BCUT2D eigenvalue weighted by Gasteiger charge is 2.31. The summed E-state index contributed by atoms with van der Waals surface area (Å²) in [5.74, 6) is 0.911. The summed E-state index contributed by atoms with van der Waals surface area (Å²) in [4.78, 5) is 15.9. The normalized spacial score (nSPS) is 23.1. The van der Waals surface area contributed by atoms with Crippen LogP contribution in [0.3, 0.4) is 0 Å². The second kappa shape index (κ2) is 4.78. The fourth-order valence-electron chi connectivity index (χ4n) is 2.09. The summed E-state index contributed by atoms with van der Waals surface area (Å²) in [6.07, 6.45) is 2.20. The van der Waals surface area contributed by atoms with Crippen LogP contribution < -0.4 is 0 Å². The highest BCUT2D eigenvalue weighted by molar-refractivity contribution is 5.81. The molecular formula is C11H22N2O. The van der Waals surface area contributed by atoms with Gasteiger partial charge in [-0.2, -0.15) is 0 Å². The quantitative estimate of drug-likeness (QED) is 0.680. The van der Waals surface area contributed by atoms with Crippen LogP contribution in [0.5, 0.6) is 0 Å². The number of rotatable bonds is 3. The van der Waals surface area contributed by atoms with Crippen LogP contribution in [0, 0.1) is 5.92 Å². The Bertz CT molecular complexity index is 201. The van der Waals surface area contributed by atoms with Crippen molar-refractivity contribution in [3.8, 4) is 0 Å². The van der Waals surface area contributed by atoms with E-state index in [2.05, 4.69) is 18.7 Å². The number of carbonyl (C=O) groups excluding carboxylic acids is 1. The SMILES string of the molecule is CC(C)CN1CCCC1C(=O)N(C)C. The molecule has 1 unspecified atom stereocenters.